The van der Waals surface area contributed by atoms with E-state index in [0.717, 1.165) is 28.7 Å². The van der Waals surface area contributed by atoms with Crippen LogP contribution in [0.2, 0.25) is 0 Å². The van der Waals surface area contributed by atoms with E-state index < -0.39 is 43.0 Å². The van der Waals surface area contributed by atoms with E-state index in [1.165, 1.54) is 0 Å². The maximum absolute atomic E-state index is 12.7. The Morgan fingerprint density at radius 3 is 2.11 bits per heavy atom. The van der Waals surface area contributed by atoms with Crippen molar-refractivity contribution in [1.29, 1.82) is 0 Å². The summed E-state index contributed by atoms with van der Waals surface area (Å²) in [6.45, 7) is 3.12. The minimum atomic E-state index is -1.18. The molecule has 186 valence electrons. The summed E-state index contributed by atoms with van der Waals surface area (Å²) in [5.74, 6) is -2.32. The number of hydrogen-bond donors (Lipinski definition) is 4. The molecule has 4 N–H and O–H groups in total. The number of ether oxygens (including phenoxy) is 1. The predicted octanol–water partition coefficient (Wildman–Crippen LogP) is 2.65. The Kier molecular flexibility index (Phi) is 8.83. The van der Waals surface area contributed by atoms with Crippen LogP contribution in [0.4, 0.5) is 4.79 Å². The van der Waals surface area contributed by atoms with Crippen LogP contribution in [0.25, 0.3) is 11.1 Å². The van der Waals surface area contributed by atoms with Crippen LogP contribution in [-0.4, -0.2) is 54.7 Å². The van der Waals surface area contributed by atoms with Gasteiger partial charge in [-0.05, 0) is 34.6 Å². The van der Waals surface area contributed by atoms with Gasteiger partial charge in [0.05, 0.1) is 6.54 Å². The van der Waals surface area contributed by atoms with Gasteiger partial charge in [0.1, 0.15) is 19.2 Å². The zero-order valence-corrected chi connectivity index (χ0v) is 19.9. The zero-order valence-electron chi connectivity index (χ0n) is 19.9. The molecule has 2 aromatic rings. The van der Waals surface area contributed by atoms with Crippen molar-refractivity contribution in [1.82, 2.24) is 16.0 Å². The van der Waals surface area contributed by atoms with Crippen LogP contribution >= 0.6 is 0 Å². The van der Waals surface area contributed by atoms with Crippen molar-refractivity contribution in [3.8, 4) is 11.1 Å². The smallest absolute Gasteiger partial charge is 0.407 e. The van der Waals surface area contributed by atoms with E-state index in [4.69, 9.17) is 9.84 Å². The molecule has 3 amide bonds. The summed E-state index contributed by atoms with van der Waals surface area (Å²) < 4.78 is 5.55. The molecule has 0 spiro atoms. The number of amides is 3. The summed E-state index contributed by atoms with van der Waals surface area (Å²) in [4.78, 5) is 47.6. The largest absolute Gasteiger partial charge is 0.480 e. The topological polar surface area (TPSA) is 134 Å². The summed E-state index contributed by atoms with van der Waals surface area (Å²) in [5, 5.41) is 15.9. The molecular formula is C26H31N3O6. The van der Waals surface area contributed by atoms with Gasteiger partial charge in [-0.25, -0.2) is 4.79 Å². The Hall–Kier alpha value is -3.88. The van der Waals surface area contributed by atoms with Gasteiger partial charge in [-0.2, -0.15) is 0 Å². The van der Waals surface area contributed by atoms with Gasteiger partial charge in [0.2, 0.25) is 11.8 Å². The molecule has 0 heterocycles. The predicted molar refractivity (Wildman–Crippen MR) is 130 cm³/mol. The number of carboxylic acid groups (broad SMARTS) is 1. The first kappa shape index (κ1) is 25.7. The molecule has 0 aliphatic heterocycles. The summed E-state index contributed by atoms with van der Waals surface area (Å²) in [6, 6.07) is 15.1. The quantitative estimate of drug-likeness (QED) is 0.390. The molecule has 0 fully saturated rings. The van der Waals surface area contributed by atoms with Gasteiger partial charge in [-0.3, -0.25) is 14.4 Å². The van der Waals surface area contributed by atoms with Crippen LogP contribution in [0.15, 0.2) is 48.5 Å². The lowest BCUT2D eigenvalue weighted by molar-refractivity contribution is -0.137. The molecule has 2 aromatic carbocycles. The van der Waals surface area contributed by atoms with Crippen molar-refractivity contribution >= 4 is 23.9 Å². The summed E-state index contributed by atoms with van der Waals surface area (Å²) in [6.07, 6.45) is 0.448. The van der Waals surface area contributed by atoms with Gasteiger partial charge in [0.25, 0.3) is 0 Å². The zero-order chi connectivity index (χ0) is 25.4. The first-order chi connectivity index (χ1) is 16.8. The Labute approximate surface area is 204 Å². The van der Waals surface area contributed by atoms with E-state index in [-0.39, 0.29) is 18.4 Å². The number of alkyl carbamates (subject to hydrolysis) is 1. The Balaban J connectivity index is 1.60. The number of carboxylic acids is 1. The maximum atomic E-state index is 12.7. The minimum absolute atomic E-state index is 0.104. The number of nitrogens with one attached hydrogen (secondary N) is 3. The number of aliphatic carboxylic acids is 1. The maximum Gasteiger partial charge on any atom is 0.407 e. The van der Waals surface area contributed by atoms with Gasteiger partial charge < -0.3 is 25.8 Å². The van der Waals surface area contributed by atoms with E-state index in [2.05, 4.69) is 16.0 Å². The molecule has 9 nitrogen and oxygen atoms in total. The molecule has 3 rings (SSSR count). The lowest BCUT2D eigenvalue weighted by Crippen LogP contribution is -2.50. The molecule has 1 aliphatic rings. The number of carbonyl (C=O) groups is 4. The van der Waals surface area contributed by atoms with Gasteiger partial charge in [0, 0.05) is 5.92 Å². The lowest BCUT2D eigenvalue weighted by Gasteiger charge is -2.22. The average molecular weight is 482 g/mol. The Bertz CT molecular complexity index is 1040. The molecule has 2 unspecified atom stereocenters. The third-order valence-electron chi connectivity index (χ3n) is 6.15. The highest BCUT2D eigenvalue weighted by Crippen LogP contribution is 2.44. The van der Waals surface area contributed by atoms with E-state index in [9.17, 15) is 19.2 Å². The minimum Gasteiger partial charge on any atom is -0.480 e. The molecule has 0 aromatic heterocycles. The van der Waals surface area contributed by atoms with Crippen LogP contribution in [0.1, 0.15) is 43.7 Å². The fourth-order valence-corrected chi connectivity index (χ4v) is 4.11. The van der Waals surface area contributed by atoms with Crippen LogP contribution in [-0.2, 0) is 19.1 Å². The average Bonchev–Trinajstić information content (AvgIpc) is 3.17. The van der Waals surface area contributed by atoms with Gasteiger partial charge in [0.15, 0.2) is 0 Å². The first-order valence-corrected chi connectivity index (χ1v) is 11.7. The normalized spacial score (nSPS) is 13.7. The molecule has 35 heavy (non-hydrogen) atoms. The van der Waals surface area contributed by atoms with Crippen LogP contribution in [0.3, 0.4) is 0 Å². The summed E-state index contributed by atoms with van der Waals surface area (Å²) in [5.41, 5.74) is 4.41. The molecular weight excluding hydrogens is 450 g/mol. The highest BCUT2D eigenvalue weighted by molar-refractivity contribution is 5.90. The third-order valence-corrected chi connectivity index (χ3v) is 6.15. The number of benzene rings is 2. The van der Waals surface area contributed by atoms with E-state index in [1.54, 1.807) is 0 Å². The second kappa shape index (κ2) is 12.0. The van der Waals surface area contributed by atoms with Crippen LogP contribution < -0.4 is 16.0 Å². The molecule has 0 saturated carbocycles. The number of hydrogen-bond acceptors (Lipinski definition) is 5. The van der Waals surface area contributed by atoms with Gasteiger partial charge in [-0.1, -0.05) is 68.8 Å². The highest BCUT2D eigenvalue weighted by atomic mass is 16.5. The fraction of sp³-hybridized carbons (Fsp3) is 0.385. The van der Waals surface area contributed by atoms with Crippen LogP contribution in [0.5, 0.6) is 0 Å². The standard InChI is InChI=1S/C26H31N3O6/c1-3-16(2)12-22(25(33)28-13-23(30)27-14-24(31)32)29-26(34)35-15-21-19-10-6-4-8-17(19)18-9-5-7-11-20(18)21/h4-11,16,21-22H,3,12-15H2,1-2H3,(H,27,30)(H,28,33)(H,29,34)(H,31,32). The second-order valence-electron chi connectivity index (χ2n) is 8.66. The van der Waals surface area contributed by atoms with Crippen molar-refractivity contribution in [3.05, 3.63) is 59.7 Å². The number of rotatable bonds is 11. The highest BCUT2D eigenvalue weighted by Gasteiger charge is 2.30. The second-order valence-corrected chi connectivity index (χ2v) is 8.66. The molecule has 1 aliphatic carbocycles. The monoisotopic (exact) mass is 481 g/mol. The number of fused-ring (bicyclic) bond motifs is 3. The fourth-order valence-electron chi connectivity index (χ4n) is 4.11. The molecule has 0 radical (unpaired) electrons. The lowest BCUT2D eigenvalue weighted by atomic mass is 9.98. The van der Waals surface area contributed by atoms with Crippen molar-refractivity contribution in [2.24, 2.45) is 5.92 Å². The van der Waals surface area contributed by atoms with Crippen molar-refractivity contribution in [2.45, 2.75) is 38.6 Å². The van der Waals surface area contributed by atoms with Gasteiger partial charge >= 0.3 is 12.1 Å². The molecule has 0 bridgehead atoms. The van der Waals surface area contributed by atoms with Crippen molar-refractivity contribution in [2.75, 3.05) is 19.7 Å². The van der Waals surface area contributed by atoms with Gasteiger partial charge in [-0.15, -0.1) is 0 Å². The van der Waals surface area contributed by atoms with Crippen LogP contribution in [0, 0.1) is 5.92 Å². The summed E-state index contributed by atoms with van der Waals surface area (Å²) >= 11 is 0. The van der Waals surface area contributed by atoms with E-state index in [1.807, 2.05) is 62.4 Å². The Morgan fingerprint density at radius 1 is 0.943 bits per heavy atom. The number of carbonyl (C=O) groups excluding carboxylic acids is 3. The van der Waals surface area contributed by atoms with E-state index >= 15 is 0 Å². The summed E-state index contributed by atoms with van der Waals surface area (Å²) in [7, 11) is 0. The van der Waals surface area contributed by atoms with Crippen molar-refractivity contribution < 1.29 is 29.0 Å². The third kappa shape index (κ3) is 6.81. The SMILES string of the molecule is CCC(C)CC(NC(=O)OCC1c2ccccc2-c2ccccc21)C(=O)NCC(=O)NCC(=O)O. The molecule has 0 saturated heterocycles. The molecule has 2 atom stereocenters. The van der Waals surface area contributed by atoms with Crippen molar-refractivity contribution in [3.63, 3.8) is 0 Å². The molecule has 9 heteroatoms. The Morgan fingerprint density at radius 2 is 1.54 bits per heavy atom. The first-order valence-electron chi connectivity index (χ1n) is 11.7. The van der Waals surface area contributed by atoms with E-state index in [0.29, 0.717) is 6.42 Å².